The Hall–Kier alpha value is -2.96. The summed E-state index contributed by atoms with van der Waals surface area (Å²) in [6.07, 6.45) is 5.50. The molecule has 3 heterocycles. The first-order valence-electron chi connectivity index (χ1n) is 10.4. The highest BCUT2D eigenvalue weighted by Crippen LogP contribution is 2.36. The lowest BCUT2D eigenvalue weighted by Gasteiger charge is -2.14. The van der Waals surface area contributed by atoms with Gasteiger partial charge in [-0.3, -0.25) is 5.32 Å². The van der Waals surface area contributed by atoms with E-state index in [1.54, 1.807) is 29.8 Å². The average molecular weight is 418 g/mol. The molecular weight excluding hydrogens is 392 g/mol. The number of aromatic hydroxyl groups is 1. The number of aromatic nitrogens is 2. The molecule has 1 fully saturated rings. The van der Waals surface area contributed by atoms with Gasteiger partial charge in [-0.05, 0) is 55.6 Å². The van der Waals surface area contributed by atoms with Crippen LogP contribution in [0.15, 0.2) is 60.9 Å². The third kappa shape index (κ3) is 4.15. The van der Waals surface area contributed by atoms with Crippen LogP contribution in [0.4, 0.5) is 11.5 Å². The van der Waals surface area contributed by atoms with Crippen molar-refractivity contribution < 1.29 is 10.1 Å². The first kappa shape index (κ1) is 19.0. The number of aromatic amines is 1. The summed E-state index contributed by atoms with van der Waals surface area (Å²) in [6.45, 7) is 3.66. The summed E-state index contributed by atoms with van der Waals surface area (Å²) < 4.78 is 1.06. The summed E-state index contributed by atoms with van der Waals surface area (Å²) >= 11 is 1.71. The van der Waals surface area contributed by atoms with Crippen molar-refractivity contribution >= 4 is 33.1 Å². The van der Waals surface area contributed by atoms with Crippen molar-refractivity contribution in [1.82, 2.24) is 9.88 Å². The van der Waals surface area contributed by atoms with Gasteiger partial charge >= 0.3 is 0 Å². The Morgan fingerprint density at radius 2 is 1.90 bits per heavy atom. The van der Waals surface area contributed by atoms with E-state index in [9.17, 15) is 5.11 Å². The van der Waals surface area contributed by atoms with E-state index in [2.05, 4.69) is 50.5 Å². The lowest BCUT2D eigenvalue weighted by Crippen LogP contribution is -2.21. The maximum absolute atomic E-state index is 9.72. The highest BCUT2D eigenvalue weighted by molar-refractivity contribution is 7.22. The molecule has 30 heavy (non-hydrogen) atoms. The van der Waals surface area contributed by atoms with E-state index in [1.807, 2.05) is 12.1 Å². The fraction of sp³-hybridized carbons (Fsp3) is 0.250. The van der Waals surface area contributed by atoms with Crippen LogP contribution in [0.5, 0.6) is 5.75 Å². The molecular formula is C24H25N4OS+. The van der Waals surface area contributed by atoms with Crippen molar-refractivity contribution in [2.45, 2.75) is 19.3 Å². The Balaban J connectivity index is 1.35. The van der Waals surface area contributed by atoms with Crippen LogP contribution >= 0.6 is 11.3 Å². The Morgan fingerprint density at radius 1 is 1.07 bits per heavy atom. The number of nitrogens with one attached hydrogen (secondary N) is 2. The number of hydrogen-bond donors (Lipinski definition) is 2. The van der Waals surface area contributed by atoms with Crippen molar-refractivity contribution in [3.05, 3.63) is 66.5 Å². The van der Waals surface area contributed by atoms with Gasteiger partial charge in [0.2, 0.25) is 12.1 Å². The number of rotatable bonds is 6. The van der Waals surface area contributed by atoms with Gasteiger partial charge in [-0.1, -0.05) is 30.3 Å². The molecule has 152 valence electrons. The number of phenolic OH excluding ortho intramolecular Hbond substituents is 1. The Kier molecular flexibility index (Phi) is 5.34. The second kappa shape index (κ2) is 8.42. The Bertz CT molecular complexity index is 1150. The van der Waals surface area contributed by atoms with Crippen LogP contribution in [0.2, 0.25) is 0 Å². The average Bonchev–Trinajstić information content (AvgIpc) is 3.43. The monoisotopic (exact) mass is 417 g/mol. The molecule has 0 unspecified atom stereocenters. The molecule has 2 aromatic carbocycles. The predicted molar refractivity (Wildman–Crippen MR) is 122 cm³/mol. The fourth-order valence-electron chi connectivity index (χ4n) is 3.98. The number of nitrogens with zero attached hydrogens (tertiary/aromatic N) is 2. The van der Waals surface area contributed by atoms with Crippen molar-refractivity contribution in [2.75, 3.05) is 25.0 Å². The van der Waals surface area contributed by atoms with Crippen molar-refractivity contribution in [3.63, 3.8) is 0 Å². The molecule has 2 aromatic heterocycles. The van der Waals surface area contributed by atoms with Gasteiger partial charge in [0, 0.05) is 23.6 Å². The number of anilines is 2. The van der Waals surface area contributed by atoms with Gasteiger partial charge in [0.15, 0.2) is 5.52 Å². The largest absolute Gasteiger partial charge is 0.508 e. The minimum Gasteiger partial charge on any atom is -0.508 e. The van der Waals surface area contributed by atoms with E-state index in [1.165, 1.54) is 41.9 Å². The molecule has 0 radical (unpaired) electrons. The van der Waals surface area contributed by atoms with E-state index >= 15 is 0 Å². The number of likely N-dealkylation sites (tertiary alicyclic amines) is 1. The van der Waals surface area contributed by atoms with Gasteiger partial charge in [-0.25, -0.2) is 4.98 Å². The smallest absolute Gasteiger partial charge is 0.245 e. The summed E-state index contributed by atoms with van der Waals surface area (Å²) in [7, 11) is 0. The number of hydrogen-bond acceptors (Lipinski definition) is 5. The van der Waals surface area contributed by atoms with E-state index in [-0.39, 0.29) is 5.75 Å². The SMILES string of the molecule is Oc1cccc(Nc2[nH+]cnc3cc(-c4ccc(CCN5CCCC5)cc4)sc23)c1. The molecule has 1 aliphatic rings. The van der Waals surface area contributed by atoms with Gasteiger partial charge in [0.1, 0.15) is 10.4 Å². The zero-order chi connectivity index (χ0) is 20.3. The minimum absolute atomic E-state index is 0.238. The Labute approximate surface area is 180 Å². The summed E-state index contributed by atoms with van der Waals surface area (Å²) in [5.74, 6) is 1.12. The lowest BCUT2D eigenvalue weighted by molar-refractivity contribution is -0.363. The highest BCUT2D eigenvalue weighted by atomic mass is 32.1. The molecule has 5 rings (SSSR count). The summed E-state index contributed by atoms with van der Waals surface area (Å²) in [6, 6.07) is 18.2. The van der Waals surface area contributed by atoms with Crippen LogP contribution in [0, 0.1) is 0 Å². The van der Waals surface area contributed by atoms with Crippen LogP contribution in [0.25, 0.3) is 20.7 Å². The third-order valence-corrected chi connectivity index (χ3v) is 6.81. The topological polar surface area (TPSA) is 62.5 Å². The molecule has 4 aromatic rings. The second-order valence-corrected chi connectivity index (χ2v) is 8.83. The molecule has 0 saturated carbocycles. The third-order valence-electron chi connectivity index (χ3n) is 5.62. The number of H-pyrrole nitrogens is 1. The van der Waals surface area contributed by atoms with Gasteiger partial charge < -0.3 is 10.0 Å². The molecule has 0 spiro atoms. The molecule has 1 saturated heterocycles. The van der Waals surface area contributed by atoms with E-state index in [4.69, 9.17) is 0 Å². The lowest BCUT2D eigenvalue weighted by atomic mass is 10.1. The second-order valence-electron chi connectivity index (χ2n) is 7.77. The zero-order valence-corrected chi connectivity index (χ0v) is 17.6. The zero-order valence-electron chi connectivity index (χ0n) is 16.8. The van der Waals surface area contributed by atoms with Crippen molar-refractivity contribution in [3.8, 4) is 16.2 Å². The van der Waals surface area contributed by atoms with Crippen LogP contribution in [-0.4, -0.2) is 34.6 Å². The molecule has 1 aliphatic heterocycles. The summed E-state index contributed by atoms with van der Waals surface area (Å²) in [5, 5.41) is 13.1. The standard InChI is InChI=1S/C24H24N4OS/c29-20-5-3-4-19(14-20)27-24-23-21(25-16-26-24)15-22(30-23)18-8-6-17(7-9-18)10-13-28-11-1-2-12-28/h3-9,14-16,29H,1-2,10-13H2,(H,25,26,27)/p+1. The maximum Gasteiger partial charge on any atom is 0.245 e. The number of phenols is 1. The van der Waals surface area contributed by atoms with E-state index in [0.717, 1.165) is 34.7 Å². The molecule has 3 N–H and O–H groups in total. The first-order valence-corrected chi connectivity index (χ1v) is 11.2. The number of benzene rings is 2. The minimum atomic E-state index is 0.238. The maximum atomic E-state index is 9.72. The summed E-state index contributed by atoms with van der Waals surface area (Å²) in [4.78, 5) is 11.5. The molecule has 0 bridgehead atoms. The van der Waals surface area contributed by atoms with Crippen molar-refractivity contribution in [1.29, 1.82) is 0 Å². The molecule has 0 amide bonds. The van der Waals surface area contributed by atoms with E-state index < -0.39 is 0 Å². The normalized spacial score (nSPS) is 14.4. The van der Waals surface area contributed by atoms with Gasteiger partial charge in [-0.15, -0.1) is 16.3 Å². The van der Waals surface area contributed by atoms with Gasteiger partial charge in [0.05, 0.1) is 5.69 Å². The van der Waals surface area contributed by atoms with Crippen molar-refractivity contribution in [2.24, 2.45) is 0 Å². The number of thiophene rings is 1. The van der Waals surface area contributed by atoms with E-state index in [0.29, 0.717) is 0 Å². The van der Waals surface area contributed by atoms with Gasteiger partial charge in [0.25, 0.3) is 0 Å². The quantitative estimate of drug-likeness (QED) is 0.470. The highest BCUT2D eigenvalue weighted by Gasteiger charge is 2.15. The summed E-state index contributed by atoms with van der Waals surface area (Å²) in [5.41, 5.74) is 4.39. The van der Waals surface area contributed by atoms with Crippen LogP contribution < -0.4 is 10.3 Å². The fourth-order valence-corrected chi connectivity index (χ4v) is 5.05. The molecule has 0 atom stereocenters. The molecule has 5 nitrogen and oxygen atoms in total. The van der Waals surface area contributed by atoms with Crippen LogP contribution in [0.1, 0.15) is 18.4 Å². The molecule has 0 aliphatic carbocycles. The number of fused-ring (bicyclic) bond motifs is 1. The molecule has 6 heteroatoms. The van der Waals surface area contributed by atoms with Gasteiger partial charge in [-0.2, -0.15) is 0 Å². The van der Waals surface area contributed by atoms with Crippen LogP contribution in [0.3, 0.4) is 0 Å². The Morgan fingerprint density at radius 3 is 2.70 bits per heavy atom. The predicted octanol–water partition coefficient (Wildman–Crippen LogP) is 4.86. The van der Waals surface area contributed by atoms with Crippen LogP contribution in [-0.2, 0) is 6.42 Å². The first-order chi connectivity index (χ1) is 14.7.